The van der Waals surface area contributed by atoms with Crippen LogP contribution in [0.4, 0.5) is 0 Å². The largest absolute Gasteiger partial charge is 0.414 e. The standard InChI is InChI=1S/C47H90N2O8SSi4/c1-18-61(19-2,20-3)56-38(28-35(55-60(16,17)46(11,12)13)33-51-59(14,15)45(8,9)10)37-29-39-44(52-37)36(48)32-47(53-39)31-34(7)43(57-62(21-4,22-5)23-6)40(54-47)30-42(50)58-41-26-24-25-27-49-41/h24-27,34-40,43-44H,18-23,28-33,48H2,1-17H3/t34-,35+,36-,37?,38-,39-,40?,43-,44-,47-/m0/s1. The van der Waals surface area contributed by atoms with Crippen molar-refractivity contribution in [1.29, 1.82) is 0 Å². The number of thioether (sulfide) groups is 1. The van der Waals surface area contributed by atoms with Gasteiger partial charge in [-0.1, -0.05) is 96.1 Å². The van der Waals surface area contributed by atoms with Crippen LogP contribution in [-0.4, -0.2) is 105 Å². The predicted octanol–water partition coefficient (Wildman–Crippen LogP) is 12.1. The van der Waals surface area contributed by atoms with Gasteiger partial charge < -0.3 is 37.6 Å². The molecule has 0 aliphatic carbocycles. The van der Waals surface area contributed by atoms with Gasteiger partial charge in [0.05, 0.1) is 49.3 Å². The summed E-state index contributed by atoms with van der Waals surface area (Å²) in [7, 11) is -8.42. The number of carbonyl (C=O) groups excluding carboxylic acids is 1. The number of ether oxygens (including phenoxy) is 3. The van der Waals surface area contributed by atoms with Crippen LogP contribution in [0.15, 0.2) is 29.4 Å². The van der Waals surface area contributed by atoms with Gasteiger partial charge in [0.25, 0.3) is 0 Å². The summed E-state index contributed by atoms with van der Waals surface area (Å²) in [4.78, 5) is 18.2. The van der Waals surface area contributed by atoms with E-state index in [-0.39, 0.29) is 70.2 Å². The summed E-state index contributed by atoms with van der Waals surface area (Å²) >= 11 is 1.17. The number of nitrogens with zero attached hydrogens (tertiary/aromatic N) is 1. The maximum atomic E-state index is 13.8. The Bertz CT molecular complexity index is 1540. The van der Waals surface area contributed by atoms with Gasteiger partial charge >= 0.3 is 0 Å². The van der Waals surface area contributed by atoms with Gasteiger partial charge in [-0.25, -0.2) is 4.98 Å². The smallest absolute Gasteiger partial charge is 0.197 e. The highest BCUT2D eigenvalue weighted by atomic mass is 32.2. The Hall–Kier alpha value is -0.282. The second-order valence-electron chi connectivity index (χ2n) is 22.0. The molecule has 3 fully saturated rings. The van der Waals surface area contributed by atoms with Gasteiger partial charge in [0.1, 0.15) is 5.03 Å². The number of carbonyl (C=O) groups is 1. The van der Waals surface area contributed by atoms with E-state index in [9.17, 15) is 4.79 Å². The van der Waals surface area contributed by atoms with E-state index < -0.39 is 45.2 Å². The fraction of sp³-hybridized carbons (Fsp3) is 0.872. The molecule has 358 valence electrons. The minimum absolute atomic E-state index is 0.00739. The van der Waals surface area contributed by atoms with Crippen LogP contribution in [0, 0.1) is 5.92 Å². The van der Waals surface area contributed by atoms with Crippen molar-refractivity contribution in [2.75, 3.05) is 6.61 Å². The highest BCUT2D eigenvalue weighted by Gasteiger charge is 2.58. The molecular formula is C47H90N2O8SSi4. The van der Waals surface area contributed by atoms with E-state index in [4.69, 9.17) is 37.6 Å². The summed E-state index contributed by atoms with van der Waals surface area (Å²) < 4.78 is 50.5. The molecule has 3 aliphatic heterocycles. The number of nitrogens with two attached hydrogens (primary N) is 1. The second kappa shape index (κ2) is 21.8. The van der Waals surface area contributed by atoms with Gasteiger partial charge in [-0.15, -0.1) is 0 Å². The van der Waals surface area contributed by atoms with Crippen LogP contribution in [-0.2, 0) is 36.7 Å². The number of rotatable bonds is 21. The number of pyridine rings is 1. The van der Waals surface area contributed by atoms with Gasteiger partial charge in [-0.05, 0) is 102 Å². The van der Waals surface area contributed by atoms with Crippen LogP contribution in [0.3, 0.4) is 0 Å². The Morgan fingerprint density at radius 3 is 2.00 bits per heavy atom. The molecule has 3 aliphatic rings. The summed E-state index contributed by atoms with van der Waals surface area (Å²) in [5, 5.41) is 0.805. The molecule has 0 saturated carbocycles. The summed E-state index contributed by atoms with van der Waals surface area (Å²) in [5.41, 5.74) is 7.20. The third kappa shape index (κ3) is 13.2. The average molecular weight is 956 g/mol. The third-order valence-electron chi connectivity index (χ3n) is 15.9. The zero-order chi connectivity index (χ0) is 46.5. The zero-order valence-corrected chi connectivity index (χ0v) is 47.0. The summed E-state index contributed by atoms with van der Waals surface area (Å²) in [6.07, 6.45) is 2.53. The summed E-state index contributed by atoms with van der Waals surface area (Å²) in [6.45, 7) is 39.5. The lowest BCUT2D eigenvalue weighted by atomic mass is 9.82. The number of aromatic nitrogens is 1. The van der Waals surface area contributed by atoms with Gasteiger partial charge in [-0.3, -0.25) is 4.79 Å². The average Bonchev–Trinajstić information content (AvgIpc) is 3.62. The van der Waals surface area contributed by atoms with Crippen molar-refractivity contribution in [1.82, 2.24) is 4.98 Å². The van der Waals surface area contributed by atoms with Crippen molar-refractivity contribution in [2.24, 2.45) is 11.7 Å². The minimum atomic E-state index is -2.19. The van der Waals surface area contributed by atoms with Gasteiger partial charge in [-0.2, -0.15) is 0 Å². The van der Waals surface area contributed by atoms with Crippen molar-refractivity contribution in [3.63, 3.8) is 0 Å². The zero-order valence-electron chi connectivity index (χ0n) is 42.2. The molecule has 0 amide bonds. The molecule has 10 nitrogen and oxygen atoms in total. The van der Waals surface area contributed by atoms with Crippen molar-refractivity contribution in [3.05, 3.63) is 24.4 Å². The van der Waals surface area contributed by atoms with Crippen LogP contribution in [0.2, 0.25) is 72.5 Å². The Labute approximate surface area is 386 Å². The third-order valence-corrected chi connectivity index (χ3v) is 35.1. The lowest BCUT2D eigenvalue weighted by Gasteiger charge is -2.53. The predicted molar refractivity (Wildman–Crippen MR) is 266 cm³/mol. The first-order valence-electron chi connectivity index (χ1n) is 24.3. The fourth-order valence-electron chi connectivity index (χ4n) is 9.30. The number of fused-ring (bicyclic) bond motifs is 1. The van der Waals surface area contributed by atoms with Crippen molar-refractivity contribution in [2.45, 2.75) is 254 Å². The highest BCUT2D eigenvalue weighted by Crippen LogP contribution is 2.49. The molecule has 0 aromatic carbocycles. The first-order valence-corrected chi connectivity index (χ1v) is 36.0. The van der Waals surface area contributed by atoms with Crippen molar-refractivity contribution in [3.8, 4) is 0 Å². The topological polar surface area (TPSA) is 121 Å². The molecule has 15 heteroatoms. The van der Waals surface area contributed by atoms with Gasteiger partial charge in [0.2, 0.25) is 0 Å². The highest BCUT2D eigenvalue weighted by molar-refractivity contribution is 8.13. The van der Waals surface area contributed by atoms with E-state index in [2.05, 4.69) is 121 Å². The maximum absolute atomic E-state index is 13.8. The lowest BCUT2D eigenvalue weighted by molar-refractivity contribution is -0.345. The maximum Gasteiger partial charge on any atom is 0.197 e. The Balaban J connectivity index is 1.66. The van der Waals surface area contributed by atoms with E-state index in [0.29, 0.717) is 37.3 Å². The van der Waals surface area contributed by atoms with Crippen LogP contribution < -0.4 is 5.73 Å². The summed E-state index contributed by atoms with van der Waals surface area (Å²) in [5.74, 6) is -0.862. The monoisotopic (exact) mass is 955 g/mol. The SMILES string of the molecule is CC[Si](CC)(CC)O[C@@H](C[C@H](CO[Si](C)(C)C(C)(C)C)O[Si](C)(C)C(C)(C)C)C1C[C@@H]2O[C@]3(C[C@H](C)[C@H](O[Si](CC)(CC)CC)C(CC(=O)Sc4ccccn4)O3)C[C@H](N)[C@@H]2O1. The molecule has 62 heavy (non-hydrogen) atoms. The Kier molecular flexibility index (Phi) is 19.1. The second-order valence-corrected chi connectivity index (χ2v) is 42.1. The molecule has 1 aromatic heterocycles. The van der Waals surface area contributed by atoms with Gasteiger partial charge in [0.15, 0.2) is 44.2 Å². The first kappa shape index (κ1) is 54.3. The van der Waals surface area contributed by atoms with E-state index in [0.717, 1.165) is 36.3 Å². The molecule has 0 bridgehead atoms. The van der Waals surface area contributed by atoms with Crippen molar-refractivity contribution >= 4 is 50.1 Å². The normalized spacial score (nSPS) is 28.8. The Morgan fingerprint density at radius 1 is 0.871 bits per heavy atom. The molecule has 3 saturated heterocycles. The number of hydrogen-bond donors (Lipinski definition) is 1. The van der Waals surface area contributed by atoms with Crippen molar-refractivity contribution < 1.29 is 36.7 Å². The molecule has 4 heterocycles. The lowest BCUT2D eigenvalue weighted by Crippen LogP contribution is -2.63. The molecule has 4 rings (SSSR count). The van der Waals surface area contributed by atoms with E-state index >= 15 is 0 Å². The van der Waals surface area contributed by atoms with Crippen LogP contribution in [0.25, 0.3) is 0 Å². The molecule has 1 spiro atoms. The molecule has 2 N–H and O–H groups in total. The molecular weight excluding hydrogens is 865 g/mol. The molecule has 0 radical (unpaired) electrons. The van der Waals surface area contributed by atoms with Gasteiger partial charge in [0, 0.05) is 44.3 Å². The summed E-state index contributed by atoms with van der Waals surface area (Å²) in [6, 6.07) is 11.5. The van der Waals surface area contributed by atoms with E-state index in [1.54, 1.807) is 6.20 Å². The molecule has 2 unspecified atom stereocenters. The Morgan fingerprint density at radius 2 is 1.47 bits per heavy atom. The molecule has 10 atom stereocenters. The minimum Gasteiger partial charge on any atom is -0.414 e. The van der Waals surface area contributed by atoms with Crippen LogP contribution in [0.1, 0.15) is 122 Å². The van der Waals surface area contributed by atoms with E-state index in [1.165, 1.54) is 11.8 Å². The molecule has 1 aromatic rings. The van der Waals surface area contributed by atoms with Crippen LogP contribution >= 0.6 is 11.8 Å². The fourth-order valence-corrected chi connectivity index (χ4v) is 18.3. The first-order chi connectivity index (χ1) is 28.8. The quantitative estimate of drug-likeness (QED) is 0.0936. The van der Waals surface area contributed by atoms with Crippen LogP contribution in [0.5, 0.6) is 0 Å². The number of hydrogen-bond acceptors (Lipinski definition) is 11. The van der Waals surface area contributed by atoms with E-state index in [1.807, 2.05) is 18.2 Å².